The molecule has 2 fully saturated rings. The van der Waals surface area contributed by atoms with Crippen molar-refractivity contribution < 1.29 is 27.6 Å². The van der Waals surface area contributed by atoms with Crippen LogP contribution in [0.15, 0.2) is 23.1 Å². The zero-order valence-electron chi connectivity index (χ0n) is 16.0. The van der Waals surface area contributed by atoms with Crippen LogP contribution in [0.2, 0.25) is 0 Å². The van der Waals surface area contributed by atoms with Crippen molar-refractivity contribution in [3.05, 3.63) is 18.2 Å². The van der Waals surface area contributed by atoms with Gasteiger partial charge in [0.25, 0.3) is 5.91 Å². The Morgan fingerprint density at radius 3 is 2.44 bits per heavy atom. The smallest absolute Gasteiger partial charge is 0.278 e. The van der Waals surface area contributed by atoms with Crippen molar-refractivity contribution in [3.63, 3.8) is 0 Å². The number of benzene rings is 1. The van der Waals surface area contributed by atoms with E-state index in [1.54, 1.807) is 12.1 Å². The van der Waals surface area contributed by atoms with Crippen LogP contribution in [0.25, 0.3) is 0 Å². The highest BCUT2D eigenvalue weighted by Gasteiger charge is 2.37. The Morgan fingerprint density at radius 1 is 1.22 bits per heavy atom. The highest BCUT2D eigenvalue weighted by molar-refractivity contribution is 7.89. The van der Waals surface area contributed by atoms with Gasteiger partial charge in [0.05, 0.1) is 40.4 Å². The topological polar surface area (TPSA) is 89.4 Å². The van der Waals surface area contributed by atoms with Crippen molar-refractivity contribution in [2.75, 3.05) is 40.4 Å². The molecular weight excluding hydrogens is 370 g/mol. The Morgan fingerprint density at radius 2 is 1.89 bits per heavy atom. The number of hydrogen-bond acceptors (Lipinski definition) is 5. The minimum atomic E-state index is -3.70. The number of rotatable bonds is 7. The van der Waals surface area contributed by atoms with Gasteiger partial charge in [0, 0.05) is 12.1 Å². The number of sulfonamides is 1. The summed E-state index contributed by atoms with van der Waals surface area (Å²) in [6.07, 6.45) is 2.12. The number of methoxy groups -OCH3 is 2. The third-order valence-corrected chi connectivity index (χ3v) is 7.20. The summed E-state index contributed by atoms with van der Waals surface area (Å²) in [5.41, 5.74) is 0. The van der Waals surface area contributed by atoms with Crippen LogP contribution in [0, 0.1) is 0 Å². The first-order valence-electron chi connectivity index (χ1n) is 9.24. The number of ether oxygens (including phenoxy) is 2. The molecule has 3 rings (SSSR count). The highest BCUT2D eigenvalue weighted by Crippen LogP contribution is 2.30. The molecule has 1 aromatic carbocycles. The molecule has 0 bridgehead atoms. The molecule has 1 saturated carbocycles. The fourth-order valence-corrected chi connectivity index (χ4v) is 4.92. The van der Waals surface area contributed by atoms with Crippen LogP contribution in [0.4, 0.5) is 0 Å². The van der Waals surface area contributed by atoms with Crippen molar-refractivity contribution in [3.8, 4) is 11.5 Å². The molecule has 8 nitrogen and oxygen atoms in total. The summed E-state index contributed by atoms with van der Waals surface area (Å²) in [5, 5.41) is 3.02. The fraction of sp³-hybridized carbons (Fsp3) is 0.611. The maximum atomic E-state index is 13.1. The first-order valence-corrected chi connectivity index (χ1v) is 10.7. The van der Waals surface area contributed by atoms with E-state index in [0.717, 1.165) is 17.7 Å². The summed E-state index contributed by atoms with van der Waals surface area (Å²) >= 11 is 0. The van der Waals surface area contributed by atoms with Crippen LogP contribution in [-0.4, -0.2) is 71.1 Å². The first-order chi connectivity index (χ1) is 12.9. The van der Waals surface area contributed by atoms with E-state index in [9.17, 15) is 13.2 Å². The molecule has 0 spiro atoms. The summed E-state index contributed by atoms with van der Waals surface area (Å²) in [6, 6.07) is 4.90. The number of quaternary nitrogens is 1. The van der Waals surface area contributed by atoms with Crippen molar-refractivity contribution in [1.29, 1.82) is 0 Å². The number of amides is 1. The van der Waals surface area contributed by atoms with Gasteiger partial charge in [-0.2, -0.15) is 4.31 Å². The molecule has 2 N–H and O–H groups in total. The van der Waals surface area contributed by atoms with Gasteiger partial charge in [-0.25, -0.2) is 8.42 Å². The second kappa shape index (κ2) is 8.04. The molecule has 1 aromatic rings. The molecule has 1 atom stereocenters. The molecular formula is C18H28N3O5S+. The average Bonchev–Trinajstić information content (AvgIpc) is 3.50. The Labute approximate surface area is 160 Å². The van der Waals surface area contributed by atoms with Gasteiger partial charge in [-0.1, -0.05) is 0 Å². The Balaban J connectivity index is 1.68. The number of carbonyl (C=O) groups is 1. The largest absolute Gasteiger partial charge is 0.497 e. The van der Waals surface area contributed by atoms with Crippen LogP contribution < -0.4 is 19.7 Å². The summed E-state index contributed by atoms with van der Waals surface area (Å²) < 4.78 is 38.1. The summed E-state index contributed by atoms with van der Waals surface area (Å²) in [7, 11) is -0.759. The number of piperazine rings is 1. The van der Waals surface area contributed by atoms with E-state index in [1.807, 2.05) is 6.92 Å². The molecule has 9 heteroatoms. The zero-order valence-corrected chi connectivity index (χ0v) is 16.8. The number of nitrogens with one attached hydrogen (secondary N) is 2. The van der Waals surface area contributed by atoms with E-state index in [2.05, 4.69) is 5.32 Å². The minimum absolute atomic E-state index is 0.0540. The van der Waals surface area contributed by atoms with Crippen molar-refractivity contribution in [1.82, 2.24) is 9.62 Å². The third kappa shape index (κ3) is 4.36. The maximum absolute atomic E-state index is 13.1. The molecule has 0 aromatic heterocycles. The molecule has 2 aliphatic rings. The minimum Gasteiger partial charge on any atom is -0.497 e. The van der Waals surface area contributed by atoms with E-state index in [-0.39, 0.29) is 16.8 Å². The van der Waals surface area contributed by atoms with Gasteiger partial charge >= 0.3 is 0 Å². The summed E-state index contributed by atoms with van der Waals surface area (Å²) in [5.74, 6) is 0.810. The number of carbonyl (C=O) groups excluding carboxylic acids is 1. The van der Waals surface area contributed by atoms with Crippen LogP contribution in [-0.2, 0) is 14.8 Å². The van der Waals surface area contributed by atoms with Gasteiger partial charge < -0.3 is 19.7 Å². The molecule has 0 unspecified atom stereocenters. The molecule has 27 heavy (non-hydrogen) atoms. The van der Waals surface area contributed by atoms with Gasteiger partial charge in [-0.15, -0.1) is 0 Å². The van der Waals surface area contributed by atoms with Crippen LogP contribution in [0.5, 0.6) is 11.5 Å². The lowest BCUT2D eigenvalue weighted by molar-refractivity contribution is -0.917. The number of hydrogen-bond donors (Lipinski definition) is 2. The molecule has 1 amide bonds. The van der Waals surface area contributed by atoms with E-state index in [4.69, 9.17) is 9.47 Å². The van der Waals surface area contributed by atoms with E-state index < -0.39 is 10.0 Å². The second-order valence-corrected chi connectivity index (χ2v) is 8.99. The SMILES string of the molecule is COc1ccc(OC)c(S(=O)(=O)N2CC[NH+]([C@H](C)C(=O)NC3CC3)CC2)c1. The maximum Gasteiger partial charge on any atom is 0.278 e. The van der Waals surface area contributed by atoms with Gasteiger partial charge in [0.15, 0.2) is 6.04 Å². The average molecular weight is 399 g/mol. The molecule has 1 saturated heterocycles. The molecule has 150 valence electrons. The van der Waals surface area contributed by atoms with Crippen LogP contribution in [0.3, 0.4) is 0 Å². The van der Waals surface area contributed by atoms with Gasteiger partial charge in [0.1, 0.15) is 16.4 Å². The Kier molecular flexibility index (Phi) is 5.92. The standard InChI is InChI=1S/C18H27N3O5S/c1-13(18(22)19-14-4-5-14)20-8-10-21(11-9-20)27(23,24)17-12-15(25-2)6-7-16(17)26-3/h6-7,12-14H,4-5,8-11H2,1-3H3,(H,19,22)/p+1/t13-/m1/s1. The van der Waals surface area contributed by atoms with Crippen molar-refractivity contribution >= 4 is 15.9 Å². The normalized spacial score (nSPS) is 20.1. The Bertz CT molecular complexity index is 786. The van der Waals surface area contributed by atoms with Gasteiger partial charge in [-0.05, 0) is 31.9 Å². The Hall–Kier alpha value is -1.84. The molecule has 1 aliphatic carbocycles. The van der Waals surface area contributed by atoms with Crippen LogP contribution >= 0.6 is 0 Å². The molecule has 0 radical (unpaired) electrons. The van der Waals surface area contributed by atoms with Crippen LogP contribution in [0.1, 0.15) is 19.8 Å². The number of nitrogens with zero attached hydrogens (tertiary/aromatic N) is 1. The molecule has 1 heterocycles. The fourth-order valence-electron chi connectivity index (χ4n) is 3.31. The highest BCUT2D eigenvalue weighted by atomic mass is 32.2. The van der Waals surface area contributed by atoms with E-state index in [0.29, 0.717) is 43.7 Å². The van der Waals surface area contributed by atoms with Crippen molar-refractivity contribution in [2.45, 2.75) is 36.7 Å². The van der Waals surface area contributed by atoms with Crippen molar-refractivity contribution in [2.24, 2.45) is 0 Å². The van der Waals surface area contributed by atoms with E-state index >= 15 is 0 Å². The lowest BCUT2D eigenvalue weighted by atomic mass is 10.2. The monoisotopic (exact) mass is 398 g/mol. The zero-order chi connectivity index (χ0) is 19.6. The summed E-state index contributed by atoms with van der Waals surface area (Å²) in [6.45, 7) is 3.80. The van der Waals surface area contributed by atoms with E-state index in [1.165, 1.54) is 24.6 Å². The third-order valence-electron chi connectivity index (χ3n) is 5.28. The lowest BCUT2D eigenvalue weighted by Gasteiger charge is -2.34. The quantitative estimate of drug-likeness (QED) is 0.632. The lowest BCUT2D eigenvalue weighted by Crippen LogP contribution is -3.19. The van der Waals surface area contributed by atoms with Gasteiger partial charge in [0.2, 0.25) is 10.0 Å². The predicted octanol–water partition coefficient (Wildman–Crippen LogP) is -0.740. The summed E-state index contributed by atoms with van der Waals surface area (Å²) in [4.78, 5) is 13.5. The second-order valence-electron chi connectivity index (χ2n) is 7.08. The predicted molar refractivity (Wildman–Crippen MR) is 99.6 cm³/mol. The van der Waals surface area contributed by atoms with Gasteiger partial charge in [-0.3, -0.25) is 4.79 Å². The molecule has 1 aliphatic heterocycles. The first kappa shape index (κ1) is 19.9.